The van der Waals surface area contributed by atoms with Gasteiger partial charge in [0.25, 0.3) is 0 Å². The van der Waals surface area contributed by atoms with E-state index in [1.807, 2.05) is 42.6 Å². The second-order valence-corrected chi connectivity index (χ2v) is 5.30. The lowest BCUT2D eigenvalue weighted by Crippen LogP contribution is -2.31. The van der Waals surface area contributed by atoms with Crippen molar-refractivity contribution in [3.05, 3.63) is 71.9 Å². The van der Waals surface area contributed by atoms with Crippen LogP contribution in [0, 0.1) is 0 Å². The van der Waals surface area contributed by atoms with Crippen molar-refractivity contribution in [1.29, 1.82) is 0 Å². The molecular formula is C18H18N2O. The first-order valence-corrected chi connectivity index (χ1v) is 7.10. The lowest BCUT2D eigenvalue weighted by molar-refractivity contribution is -0.109. The highest BCUT2D eigenvalue weighted by molar-refractivity contribution is 5.84. The van der Waals surface area contributed by atoms with Gasteiger partial charge in [-0.15, -0.1) is 0 Å². The Hall–Kier alpha value is -2.39. The van der Waals surface area contributed by atoms with Gasteiger partial charge in [-0.25, -0.2) is 0 Å². The minimum Gasteiger partial charge on any atom is -0.361 e. The highest BCUT2D eigenvalue weighted by Crippen LogP contribution is 2.29. The number of nitrogens with two attached hydrogens (primary N) is 1. The van der Waals surface area contributed by atoms with E-state index in [1.54, 1.807) is 0 Å². The number of hydrogen-bond acceptors (Lipinski definition) is 2. The van der Waals surface area contributed by atoms with Gasteiger partial charge in [0.2, 0.25) is 0 Å². The van der Waals surface area contributed by atoms with Gasteiger partial charge in [-0.1, -0.05) is 48.5 Å². The van der Waals surface area contributed by atoms with Crippen LogP contribution in [0.15, 0.2) is 60.8 Å². The largest absolute Gasteiger partial charge is 0.361 e. The van der Waals surface area contributed by atoms with E-state index in [1.165, 1.54) is 5.56 Å². The molecule has 3 nitrogen and oxygen atoms in total. The van der Waals surface area contributed by atoms with Crippen LogP contribution in [0.1, 0.15) is 17.0 Å². The van der Waals surface area contributed by atoms with Gasteiger partial charge in [-0.05, 0) is 23.6 Å². The number of carbonyl (C=O) groups is 1. The number of fused-ring (bicyclic) bond motifs is 1. The van der Waals surface area contributed by atoms with Crippen LogP contribution < -0.4 is 5.73 Å². The van der Waals surface area contributed by atoms with Crippen LogP contribution in [0.3, 0.4) is 0 Å². The smallest absolute Gasteiger partial charge is 0.137 e. The molecule has 1 aromatic heterocycles. The molecule has 0 saturated carbocycles. The van der Waals surface area contributed by atoms with E-state index in [0.29, 0.717) is 0 Å². The van der Waals surface area contributed by atoms with Gasteiger partial charge in [0.05, 0.1) is 6.04 Å². The van der Waals surface area contributed by atoms with Crippen molar-refractivity contribution in [3.63, 3.8) is 0 Å². The van der Waals surface area contributed by atoms with Crippen molar-refractivity contribution >= 4 is 17.2 Å². The zero-order chi connectivity index (χ0) is 14.7. The fourth-order valence-electron chi connectivity index (χ4n) is 2.82. The van der Waals surface area contributed by atoms with Gasteiger partial charge in [0, 0.05) is 23.0 Å². The van der Waals surface area contributed by atoms with Crippen molar-refractivity contribution in [2.75, 3.05) is 0 Å². The Kier molecular flexibility index (Phi) is 3.84. The number of benzene rings is 2. The minimum absolute atomic E-state index is 0.0268. The van der Waals surface area contributed by atoms with E-state index >= 15 is 0 Å². The van der Waals surface area contributed by atoms with Crippen LogP contribution in [0.5, 0.6) is 0 Å². The Balaban J connectivity index is 2.01. The predicted octanol–water partition coefficient (Wildman–Crippen LogP) is 3.02. The molecule has 3 rings (SSSR count). The summed E-state index contributed by atoms with van der Waals surface area (Å²) in [6.45, 7) is 0. The molecule has 0 amide bonds. The number of hydrogen-bond donors (Lipinski definition) is 2. The molecule has 2 atom stereocenters. The molecule has 1 unspecified atom stereocenters. The maximum absolute atomic E-state index is 11.2. The second-order valence-electron chi connectivity index (χ2n) is 5.30. The zero-order valence-electron chi connectivity index (χ0n) is 11.7. The van der Waals surface area contributed by atoms with Gasteiger partial charge in [0.1, 0.15) is 6.29 Å². The standard InChI is InChI=1S/C18H18N2O/c19-17(12-21)15(10-13-6-2-1-3-7-13)16-11-20-18-9-5-4-8-14(16)18/h1-9,11-12,15,17,20H,10,19H2/t15?,17-/m1/s1. The summed E-state index contributed by atoms with van der Waals surface area (Å²) in [6.07, 6.45) is 3.57. The molecule has 2 aromatic carbocycles. The summed E-state index contributed by atoms with van der Waals surface area (Å²) in [5.41, 5.74) is 9.43. The second kappa shape index (κ2) is 5.94. The van der Waals surface area contributed by atoms with Gasteiger partial charge in [-0.2, -0.15) is 0 Å². The SMILES string of the molecule is N[C@H](C=O)C(Cc1ccccc1)c1c[nH]c2ccccc12. The molecule has 1 heterocycles. The van der Waals surface area contributed by atoms with Gasteiger partial charge >= 0.3 is 0 Å². The van der Waals surface area contributed by atoms with E-state index < -0.39 is 6.04 Å². The third-order valence-corrected chi connectivity index (χ3v) is 3.94. The Morgan fingerprint density at radius 1 is 1.05 bits per heavy atom. The number of nitrogens with one attached hydrogen (secondary N) is 1. The predicted molar refractivity (Wildman–Crippen MR) is 85.2 cm³/mol. The van der Waals surface area contributed by atoms with Crippen molar-refractivity contribution in [3.8, 4) is 0 Å². The number of H-pyrrole nitrogens is 1. The number of rotatable bonds is 5. The van der Waals surface area contributed by atoms with Crippen LogP contribution in [-0.2, 0) is 11.2 Å². The number of aromatic nitrogens is 1. The molecule has 0 spiro atoms. The third kappa shape index (κ3) is 2.73. The third-order valence-electron chi connectivity index (χ3n) is 3.94. The van der Waals surface area contributed by atoms with Crippen LogP contribution in [-0.4, -0.2) is 17.3 Å². The summed E-state index contributed by atoms with van der Waals surface area (Å²) < 4.78 is 0. The molecule has 3 heteroatoms. The van der Waals surface area contributed by atoms with E-state index in [2.05, 4.69) is 23.2 Å². The lowest BCUT2D eigenvalue weighted by atomic mass is 9.86. The van der Waals surface area contributed by atoms with Crippen LogP contribution in [0.4, 0.5) is 0 Å². The number of aldehydes is 1. The van der Waals surface area contributed by atoms with Crippen molar-refractivity contribution < 1.29 is 4.79 Å². The van der Waals surface area contributed by atoms with Crippen LogP contribution in [0.2, 0.25) is 0 Å². The molecule has 21 heavy (non-hydrogen) atoms. The average Bonchev–Trinajstić information content (AvgIpc) is 2.97. The van der Waals surface area contributed by atoms with Crippen LogP contribution in [0.25, 0.3) is 10.9 Å². The molecular weight excluding hydrogens is 260 g/mol. The van der Waals surface area contributed by atoms with Gasteiger partial charge in [0.15, 0.2) is 0 Å². The molecule has 0 aliphatic heterocycles. The maximum Gasteiger partial charge on any atom is 0.137 e. The quantitative estimate of drug-likeness (QED) is 0.705. The number of aromatic amines is 1. The molecule has 0 aliphatic rings. The van der Waals surface area contributed by atoms with Gasteiger partial charge < -0.3 is 15.5 Å². The molecule has 0 fully saturated rings. The van der Waals surface area contributed by atoms with E-state index in [9.17, 15) is 4.79 Å². The van der Waals surface area contributed by atoms with E-state index in [4.69, 9.17) is 5.73 Å². The molecule has 3 aromatic rings. The molecule has 0 saturated heterocycles. The molecule has 0 aliphatic carbocycles. The van der Waals surface area contributed by atoms with Gasteiger partial charge in [-0.3, -0.25) is 0 Å². The van der Waals surface area contributed by atoms with E-state index in [0.717, 1.165) is 29.2 Å². The summed E-state index contributed by atoms with van der Waals surface area (Å²) in [7, 11) is 0. The monoisotopic (exact) mass is 278 g/mol. The van der Waals surface area contributed by atoms with Crippen molar-refractivity contribution in [2.24, 2.45) is 5.73 Å². The van der Waals surface area contributed by atoms with Crippen LogP contribution >= 0.6 is 0 Å². The lowest BCUT2D eigenvalue weighted by Gasteiger charge is -2.19. The highest BCUT2D eigenvalue weighted by atomic mass is 16.1. The topological polar surface area (TPSA) is 58.9 Å². The first-order valence-electron chi connectivity index (χ1n) is 7.10. The Morgan fingerprint density at radius 2 is 1.76 bits per heavy atom. The molecule has 106 valence electrons. The zero-order valence-corrected chi connectivity index (χ0v) is 11.7. The molecule has 3 N–H and O–H groups in total. The fourth-order valence-corrected chi connectivity index (χ4v) is 2.82. The Labute approximate surface area is 123 Å². The first kappa shape index (κ1) is 13.6. The summed E-state index contributed by atoms with van der Waals surface area (Å²) in [6, 6.07) is 17.7. The normalized spacial score (nSPS) is 14.0. The Morgan fingerprint density at radius 3 is 2.52 bits per heavy atom. The molecule has 0 bridgehead atoms. The average molecular weight is 278 g/mol. The number of para-hydroxylation sites is 1. The van der Waals surface area contributed by atoms with Crippen molar-refractivity contribution in [1.82, 2.24) is 4.98 Å². The minimum atomic E-state index is -0.510. The summed E-state index contributed by atoms with van der Waals surface area (Å²) in [5, 5.41) is 1.13. The summed E-state index contributed by atoms with van der Waals surface area (Å²) in [5.74, 6) is -0.0268. The first-order chi connectivity index (χ1) is 10.3. The highest BCUT2D eigenvalue weighted by Gasteiger charge is 2.22. The van der Waals surface area contributed by atoms with Crippen molar-refractivity contribution in [2.45, 2.75) is 18.4 Å². The summed E-state index contributed by atoms with van der Waals surface area (Å²) >= 11 is 0. The Bertz CT molecular complexity index is 733. The fraction of sp³-hybridized carbons (Fsp3) is 0.167. The molecule has 0 radical (unpaired) electrons. The number of carbonyl (C=O) groups excluding carboxylic acids is 1. The maximum atomic E-state index is 11.2. The summed E-state index contributed by atoms with van der Waals surface area (Å²) in [4.78, 5) is 14.5. The van der Waals surface area contributed by atoms with E-state index in [-0.39, 0.29) is 5.92 Å².